The van der Waals surface area contributed by atoms with Crippen LogP contribution in [0.15, 0.2) is 42.5 Å². The van der Waals surface area contributed by atoms with Crippen LogP contribution in [0.4, 0.5) is 15.8 Å². The number of carbonyl (C=O) groups excluding carboxylic acids is 1. The number of halogens is 1. The van der Waals surface area contributed by atoms with Crippen molar-refractivity contribution >= 4 is 17.3 Å². The highest BCUT2D eigenvalue weighted by atomic mass is 19.1. The molecule has 2 aromatic rings. The maximum Gasteiger partial charge on any atom is 0.255 e. The van der Waals surface area contributed by atoms with Gasteiger partial charge in [0.1, 0.15) is 5.82 Å². The fraction of sp³-hybridized carbons (Fsp3) is 0.0714. The molecule has 0 radical (unpaired) electrons. The first kappa shape index (κ1) is 13.0. The SMILES string of the molecule is NCc1ccc(C(=O)Nc2cccc(F)c2N)cc1. The van der Waals surface area contributed by atoms with Crippen molar-refractivity contribution in [3.8, 4) is 0 Å². The summed E-state index contributed by atoms with van der Waals surface area (Å²) in [7, 11) is 0. The molecule has 0 spiro atoms. The quantitative estimate of drug-likeness (QED) is 0.738. The van der Waals surface area contributed by atoms with E-state index in [1.54, 1.807) is 30.3 Å². The van der Waals surface area contributed by atoms with Crippen LogP contribution in [0.25, 0.3) is 0 Å². The number of benzene rings is 2. The fourth-order valence-electron chi connectivity index (χ4n) is 1.63. The first-order valence-corrected chi connectivity index (χ1v) is 5.76. The summed E-state index contributed by atoms with van der Waals surface area (Å²) in [4.78, 5) is 12.0. The minimum absolute atomic E-state index is 0.0746. The van der Waals surface area contributed by atoms with Gasteiger partial charge < -0.3 is 16.8 Å². The van der Waals surface area contributed by atoms with E-state index in [2.05, 4.69) is 5.32 Å². The van der Waals surface area contributed by atoms with Gasteiger partial charge in [-0.2, -0.15) is 0 Å². The van der Waals surface area contributed by atoms with Gasteiger partial charge in [-0.1, -0.05) is 18.2 Å². The van der Waals surface area contributed by atoms with Crippen LogP contribution < -0.4 is 16.8 Å². The largest absolute Gasteiger partial charge is 0.395 e. The van der Waals surface area contributed by atoms with Crippen molar-refractivity contribution in [3.63, 3.8) is 0 Å². The molecule has 0 aliphatic heterocycles. The van der Waals surface area contributed by atoms with Crippen LogP contribution in [0, 0.1) is 5.82 Å². The van der Waals surface area contributed by atoms with E-state index in [-0.39, 0.29) is 17.3 Å². The van der Waals surface area contributed by atoms with Crippen LogP contribution in [-0.4, -0.2) is 5.91 Å². The van der Waals surface area contributed by atoms with E-state index in [4.69, 9.17) is 11.5 Å². The molecule has 0 saturated carbocycles. The Labute approximate surface area is 110 Å². The van der Waals surface area contributed by atoms with E-state index >= 15 is 0 Å². The van der Waals surface area contributed by atoms with Crippen LogP contribution in [0.2, 0.25) is 0 Å². The summed E-state index contributed by atoms with van der Waals surface area (Å²) < 4.78 is 13.2. The summed E-state index contributed by atoms with van der Waals surface area (Å²) in [5, 5.41) is 2.57. The number of nitrogens with two attached hydrogens (primary N) is 2. The van der Waals surface area contributed by atoms with Crippen molar-refractivity contribution in [1.29, 1.82) is 0 Å². The zero-order valence-corrected chi connectivity index (χ0v) is 10.2. The zero-order chi connectivity index (χ0) is 13.8. The molecule has 2 rings (SSSR count). The monoisotopic (exact) mass is 259 g/mol. The van der Waals surface area contributed by atoms with Gasteiger partial charge in [0, 0.05) is 12.1 Å². The number of hydrogen-bond donors (Lipinski definition) is 3. The predicted octanol–water partition coefficient (Wildman–Crippen LogP) is 2.12. The third-order valence-corrected chi connectivity index (χ3v) is 2.75. The Balaban J connectivity index is 2.18. The van der Waals surface area contributed by atoms with Crippen molar-refractivity contribution in [2.24, 2.45) is 5.73 Å². The number of rotatable bonds is 3. The number of amides is 1. The van der Waals surface area contributed by atoms with Crippen molar-refractivity contribution in [1.82, 2.24) is 0 Å². The Bertz CT molecular complexity index is 596. The average molecular weight is 259 g/mol. The Morgan fingerprint density at radius 2 is 1.84 bits per heavy atom. The lowest BCUT2D eigenvalue weighted by Crippen LogP contribution is -2.13. The highest BCUT2D eigenvalue weighted by molar-refractivity contribution is 6.05. The van der Waals surface area contributed by atoms with Gasteiger partial charge in [-0.3, -0.25) is 4.79 Å². The summed E-state index contributed by atoms with van der Waals surface area (Å²) >= 11 is 0. The zero-order valence-electron chi connectivity index (χ0n) is 10.2. The molecule has 0 aromatic heterocycles. The molecule has 0 heterocycles. The summed E-state index contributed by atoms with van der Waals surface area (Å²) in [5.74, 6) is -0.905. The Morgan fingerprint density at radius 3 is 2.47 bits per heavy atom. The number of anilines is 2. The topological polar surface area (TPSA) is 81.1 Å². The van der Waals surface area contributed by atoms with E-state index in [1.807, 2.05) is 0 Å². The highest BCUT2D eigenvalue weighted by Gasteiger charge is 2.09. The van der Waals surface area contributed by atoms with Crippen LogP contribution in [0.3, 0.4) is 0 Å². The molecule has 19 heavy (non-hydrogen) atoms. The summed E-state index contributed by atoms with van der Waals surface area (Å²) in [6.07, 6.45) is 0. The number of nitrogen functional groups attached to an aromatic ring is 1. The molecule has 98 valence electrons. The molecule has 5 N–H and O–H groups in total. The average Bonchev–Trinajstić information content (AvgIpc) is 2.44. The number of hydrogen-bond acceptors (Lipinski definition) is 3. The first-order chi connectivity index (χ1) is 9.11. The van der Waals surface area contributed by atoms with Crippen LogP contribution >= 0.6 is 0 Å². The third kappa shape index (κ3) is 2.89. The Morgan fingerprint density at radius 1 is 1.16 bits per heavy atom. The Kier molecular flexibility index (Phi) is 3.77. The fourth-order valence-corrected chi connectivity index (χ4v) is 1.63. The molecule has 0 bridgehead atoms. The van der Waals surface area contributed by atoms with Gasteiger partial charge in [-0.15, -0.1) is 0 Å². The molecule has 0 unspecified atom stereocenters. The van der Waals surface area contributed by atoms with E-state index in [0.29, 0.717) is 12.1 Å². The molecule has 0 atom stereocenters. The Hall–Kier alpha value is -2.40. The molecular weight excluding hydrogens is 245 g/mol. The molecule has 0 saturated heterocycles. The molecular formula is C14H14FN3O. The molecule has 2 aromatic carbocycles. The van der Waals surface area contributed by atoms with Gasteiger partial charge >= 0.3 is 0 Å². The molecule has 0 aliphatic carbocycles. The smallest absolute Gasteiger partial charge is 0.255 e. The van der Waals surface area contributed by atoms with Gasteiger partial charge in [0.2, 0.25) is 0 Å². The standard InChI is InChI=1S/C14H14FN3O/c15-11-2-1-3-12(13(11)17)18-14(19)10-6-4-9(8-16)5-7-10/h1-7H,8,16-17H2,(H,18,19). The van der Waals surface area contributed by atoms with E-state index in [1.165, 1.54) is 12.1 Å². The van der Waals surface area contributed by atoms with Gasteiger partial charge in [0.25, 0.3) is 5.91 Å². The van der Waals surface area contributed by atoms with Gasteiger partial charge in [-0.05, 0) is 29.8 Å². The third-order valence-electron chi connectivity index (χ3n) is 2.75. The van der Waals surface area contributed by atoms with E-state index < -0.39 is 5.82 Å². The highest BCUT2D eigenvalue weighted by Crippen LogP contribution is 2.21. The lowest BCUT2D eigenvalue weighted by molar-refractivity contribution is 0.102. The second kappa shape index (κ2) is 5.49. The summed E-state index contributed by atoms with van der Waals surface area (Å²) in [6.45, 7) is 0.415. The van der Waals surface area contributed by atoms with E-state index in [0.717, 1.165) is 5.56 Å². The summed E-state index contributed by atoms with van der Waals surface area (Å²) in [6, 6.07) is 11.1. The normalized spacial score (nSPS) is 10.2. The second-order valence-electron chi connectivity index (χ2n) is 4.06. The number of carbonyl (C=O) groups is 1. The van der Waals surface area contributed by atoms with Crippen LogP contribution in [0.1, 0.15) is 15.9 Å². The molecule has 5 heteroatoms. The second-order valence-corrected chi connectivity index (χ2v) is 4.06. The van der Waals surface area contributed by atoms with Crippen molar-refractivity contribution in [3.05, 3.63) is 59.4 Å². The van der Waals surface area contributed by atoms with Crippen molar-refractivity contribution < 1.29 is 9.18 Å². The van der Waals surface area contributed by atoms with E-state index in [9.17, 15) is 9.18 Å². The minimum Gasteiger partial charge on any atom is -0.395 e. The molecule has 4 nitrogen and oxygen atoms in total. The van der Waals surface area contributed by atoms with Crippen LogP contribution in [0.5, 0.6) is 0 Å². The molecule has 0 aliphatic rings. The van der Waals surface area contributed by atoms with Crippen molar-refractivity contribution in [2.45, 2.75) is 6.54 Å². The molecule has 0 fully saturated rings. The predicted molar refractivity (Wildman–Crippen MR) is 73.1 cm³/mol. The van der Waals surface area contributed by atoms with Crippen LogP contribution in [-0.2, 0) is 6.54 Å². The number of nitrogens with one attached hydrogen (secondary N) is 1. The summed E-state index contributed by atoms with van der Waals surface area (Å²) in [5.41, 5.74) is 12.6. The first-order valence-electron chi connectivity index (χ1n) is 5.76. The molecule has 1 amide bonds. The van der Waals surface area contributed by atoms with Crippen molar-refractivity contribution in [2.75, 3.05) is 11.1 Å². The lowest BCUT2D eigenvalue weighted by atomic mass is 10.1. The maximum atomic E-state index is 13.2. The van der Waals surface area contributed by atoms with Gasteiger partial charge in [0.05, 0.1) is 11.4 Å². The maximum absolute atomic E-state index is 13.2. The minimum atomic E-state index is -0.559. The van der Waals surface area contributed by atoms with Gasteiger partial charge in [0.15, 0.2) is 0 Å². The van der Waals surface area contributed by atoms with Gasteiger partial charge in [-0.25, -0.2) is 4.39 Å². The lowest BCUT2D eigenvalue weighted by Gasteiger charge is -2.09. The number of para-hydroxylation sites is 1.